The van der Waals surface area contributed by atoms with Gasteiger partial charge in [-0.15, -0.1) is 0 Å². The molecule has 4 aromatic rings. The topological polar surface area (TPSA) is 92.5 Å². The number of para-hydroxylation sites is 2. The van der Waals surface area contributed by atoms with E-state index < -0.39 is 23.5 Å². The van der Waals surface area contributed by atoms with Crippen LogP contribution in [0.3, 0.4) is 0 Å². The number of hydrogen-bond donors (Lipinski definition) is 1. The maximum absolute atomic E-state index is 13.9. The molecule has 2 aliphatic heterocycles. The van der Waals surface area contributed by atoms with Crippen LogP contribution in [0.4, 0.5) is 0 Å². The summed E-state index contributed by atoms with van der Waals surface area (Å²) in [6, 6.07) is 24.8. The first-order valence-corrected chi connectivity index (χ1v) is 13.5. The monoisotopic (exact) mass is 538 g/mol. The zero-order valence-electron chi connectivity index (χ0n) is 22.0. The number of Topliss-reactive ketones (excluding diaryl/α,β-unsaturated/α-hetero) is 1. The van der Waals surface area contributed by atoms with Crippen LogP contribution < -0.4 is 4.74 Å². The van der Waals surface area contributed by atoms with Crippen molar-refractivity contribution < 1.29 is 28.6 Å². The van der Waals surface area contributed by atoms with Gasteiger partial charge in [0.2, 0.25) is 5.78 Å². The SMILES string of the molecule is O=C(C1=C(O)C(=O)N(CCCN2CCOCC2)[C@H]1c1cccc(Oc2ccccc2)c1)c1cc2ccccc2o1. The molecule has 1 atom stereocenters. The Bertz CT molecular complexity index is 1520. The van der Waals surface area contributed by atoms with E-state index >= 15 is 0 Å². The van der Waals surface area contributed by atoms with Gasteiger partial charge in [-0.2, -0.15) is 0 Å². The number of benzene rings is 3. The molecule has 1 amide bonds. The Hall–Kier alpha value is -4.40. The van der Waals surface area contributed by atoms with E-state index in [0.717, 1.165) is 25.0 Å². The molecule has 8 nitrogen and oxygen atoms in total. The summed E-state index contributed by atoms with van der Waals surface area (Å²) < 4.78 is 17.3. The molecule has 6 rings (SSSR count). The fourth-order valence-corrected chi connectivity index (χ4v) is 5.35. The van der Waals surface area contributed by atoms with Gasteiger partial charge in [0.15, 0.2) is 11.5 Å². The van der Waals surface area contributed by atoms with Crippen molar-refractivity contribution in [3.05, 3.63) is 108 Å². The first kappa shape index (κ1) is 25.9. The van der Waals surface area contributed by atoms with Gasteiger partial charge in [0.1, 0.15) is 17.1 Å². The minimum absolute atomic E-state index is 0.00675. The van der Waals surface area contributed by atoms with Gasteiger partial charge in [0.25, 0.3) is 5.91 Å². The number of carbonyl (C=O) groups excluding carboxylic acids is 2. The standard InChI is InChI=1S/C32H30N2O6/c35-30(27-21-22-8-4-5-13-26(22)40-27)28-29(23-9-6-12-25(20-23)39-24-10-2-1-3-11-24)34(32(37)31(28)36)15-7-14-33-16-18-38-19-17-33/h1-6,8-13,20-21,29,36H,7,14-19H2/t29-/m0/s1. The van der Waals surface area contributed by atoms with Crippen LogP contribution in [-0.2, 0) is 9.53 Å². The predicted molar refractivity (Wildman–Crippen MR) is 149 cm³/mol. The lowest BCUT2D eigenvalue weighted by atomic mass is 9.94. The van der Waals surface area contributed by atoms with E-state index in [2.05, 4.69) is 4.90 Å². The Labute approximate surface area is 232 Å². The third-order valence-electron chi connectivity index (χ3n) is 7.33. The minimum Gasteiger partial charge on any atom is -0.503 e. The Morgan fingerprint density at radius 3 is 2.45 bits per heavy atom. The van der Waals surface area contributed by atoms with Crippen LogP contribution in [0.1, 0.15) is 28.6 Å². The summed E-state index contributed by atoms with van der Waals surface area (Å²) in [6.07, 6.45) is 0.682. The zero-order chi connectivity index (χ0) is 27.5. The highest BCUT2D eigenvalue weighted by Crippen LogP contribution is 2.41. The summed E-state index contributed by atoms with van der Waals surface area (Å²) in [5.74, 6) is -0.325. The Kier molecular flexibility index (Phi) is 7.35. The minimum atomic E-state index is -0.794. The first-order valence-electron chi connectivity index (χ1n) is 13.5. The van der Waals surface area contributed by atoms with Crippen molar-refractivity contribution >= 4 is 22.7 Å². The van der Waals surface area contributed by atoms with Crippen molar-refractivity contribution in [1.29, 1.82) is 0 Å². The van der Waals surface area contributed by atoms with E-state index in [9.17, 15) is 14.7 Å². The molecule has 3 aromatic carbocycles. The number of aliphatic hydroxyl groups excluding tert-OH is 1. The molecule has 0 saturated carbocycles. The number of amides is 1. The van der Waals surface area contributed by atoms with Crippen molar-refractivity contribution in [3.63, 3.8) is 0 Å². The van der Waals surface area contributed by atoms with E-state index in [4.69, 9.17) is 13.9 Å². The van der Waals surface area contributed by atoms with E-state index in [-0.39, 0.29) is 11.3 Å². The van der Waals surface area contributed by atoms with Crippen molar-refractivity contribution in [2.24, 2.45) is 0 Å². The summed E-state index contributed by atoms with van der Waals surface area (Å²) in [5.41, 5.74) is 1.23. The van der Waals surface area contributed by atoms with E-state index in [0.29, 0.717) is 48.8 Å². The lowest BCUT2D eigenvalue weighted by Crippen LogP contribution is -2.39. The molecule has 1 fully saturated rings. The molecule has 40 heavy (non-hydrogen) atoms. The van der Waals surface area contributed by atoms with E-state index in [1.54, 1.807) is 17.0 Å². The van der Waals surface area contributed by atoms with Crippen LogP contribution in [0.15, 0.2) is 101 Å². The van der Waals surface area contributed by atoms with Crippen molar-refractivity contribution in [1.82, 2.24) is 9.80 Å². The smallest absolute Gasteiger partial charge is 0.290 e. The molecular weight excluding hydrogens is 508 g/mol. The molecule has 1 saturated heterocycles. The molecule has 1 N–H and O–H groups in total. The molecular formula is C32H30N2O6. The second kappa shape index (κ2) is 11.4. The Balaban J connectivity index is 1.33. The Morgan fingerprint density at radius 2 is 1.65 bits per heavy atom. The highest BCUT2D eigenvalue weighted by molar-refractivity contribution is 6.16. The maximum atomic E-state index is 13.9. The number of ketones is 1. The highest BCUT2D eigenvalue weighted by atomic mass is 16.5. The van der Waals surface area contributed by atoms with Crippen molar-refractivity contribution in [2.75, 3.05) is 39.4 Å². The fraction of sp³-hybridized carbons (Fsp3) is 0.250. The van der Waals surface area contributed by atoms with Crippen molar-refractivity contribution in [2.45, 2.75) is 12.5 Å². The lowest BCUT2D eigenvalue weighted by Gasteiger charge is -2.30. The second-order valence-corrected chi connectivity index (χ2v) is 9.94. The van der Waals surface area contributed by atoms with Gasteiger partial charge in [0, 0.05) is 31.6 Å². The van der Waals surface area contributed by atoms with Gasteiger partial charge in [-0.05, 0) is 48.4 Å². The number of morpholine rings is 1. The lowest BCUT2D eigenvalue weighted by molar-refractivity contribution is -0.129. The van der Waals surface area contributed by atoms with Gasteiger partial charge in [-0.3, -0.25) is 14.5 Å². The number of aliphatic hydroxyl groups is 1. The molecule has 0 unspecified atom stereocenters. The van der Waals surface area contributed by atoms with Gasteiger partial charge < -0.3 is 23.9 Å². The van der Waals surface area contributed by atoms with Gasteiger partial charge in [-0.25, -0.2) is 0 Å². The molecule has 204 valence electrons. The number of ether oxygens (including phenoxy) is 2. The number of rotatable bonds is 9. The van der Waals surface area contributed by atoms with Gasteiger partial charge >= 0.3 is 0 Å². The third kappa shape index (κ3) is 5.23. The predicted octanol–water partition coefficient (Wildman–Crippen LogP) is 5.53. The molecule has 0 spiro atoms. The van der Waals surface area contributed by atoms with Crippen LogP contribution in [-0.4, -0.2) is 66.0 Å². The average molecular weight is 539 g/mol. The zero-order valence-corrected chi connectivity index (χ0v) is 22.0. The molecule has 0 aliphatic carbocycles. The van der Waals surface area contributed by atoms with Gasteiger partial charge in [-0.1, -0.05) is 48.5 Å². The second-order valence-electron chi connectivity index (χ2n) is 9.94. The number of furan rings is 1. The highest BCUT2D eigenvalue weighted by Gasteiger charge is 2.44. The summed E-state index contributed by atoms with van der Waals surface area (Å²) >= 11 is 0. The fourth-order valence-electron chi connectivity index (χ4n) is 5.35. The molecule has 0 bridgehead atoms. The van der Waals surface area contributed by atoms with Crippen LogP contribution in [0.25, 0.3) is 11.0 Å². The number of hydrogen-bond acceptors (Lipinski definition) is 7. The largest absolute Gasteiger partial charge is 0.503 e. The van der Waals surface area contributed by atoms with Crippen molar-refractivity contribution in [3.8, 4) is 11.5 Å². The first-order chi connectivity index (χ1) is 19.6. The summed E-state index contributed by atoms with van der Waals surface area (Å²) in [5, 5.41) is 11.9. The van der Waals surface area contributed by atoms with Crippen LogP contribution >= 0.6 is 0 Å². The molecule has 8 heteroatoms. The summed E-state index contributed by atoms with van der Waals surface area (Å²) in [7, 11) is 0. The quantitative estimate of drug-likeness (QED) is 0.280. The van der Waals surface area contributed by atoms with Crippen LogP contribution in [0.5, 0.6) is 11.5 Å². The van der Waals surface area contributed by atoms with Gasteiger partial charge in [0.05, 0.1) is 24.8 Å². The number of fused-ring (bicyclic) bond motifs is 1. The molecule has 0 radical (unpaired) electrons. The van der Waals surface area contributed by atoms with Crippen LogP contribution in [0.2, 0.25) is 0 Å². The average Bonchev–Trinajstić information content (AvgIpc) is 3.53. The summed E-state index contributed by atoms with van der Waals surface area (Å²) in [6.45, 7) is 4.22. The van der Waals surface area contributed by atoms with Crippen LogP contribution in [0, 0.1) is 0 Å². The molecule has 1 aromatic heterocycles. The van der Waals surface area contributed by atoms with E-state index in [1.165, 1.54) is 0 Å². The molecule has 2 aliphatic rings. The Morgan fingerprint density at radius 1 is 0.900 bits per heavy atom. The number of nitrogens with zero attached hydrogens (tertiary/aromatic N) is 2. The molecule has 3 heterocycles. The number of carbonyl (C=O) groups is 2. The summed E-state index contributed by atoms with van der Waals surface area (Å²) in [4.78, 5) is 31.2. The van der Waals surface area contributed by atoms with E-state index in [1.807, 2.05) is 72.8 Å². The normalized spacial score (nSPS) is 18.1. The maximum Gasteiger partial charge on any atom is 0.290 e. The third-order valence-corrected chi connectivity index (χ3v) is 7.33.